The lowest BCUT2D eigenvalue weighted by Crippen LogP contribution is -2.03. The third-order valence-electron chi connectivity index (χ3n) is 7.05. The fraction of sp³-hybridized carbons (Fsp3) is 0.471. The first kappa shape index (κ1) is 27.8. The van der Waals surface area contributed by atoms with E-state index < -0.39 is 0 Å². The van der Waals surface area contributed by atoms with Crippen molar-refractivity contribution < 1.29 is 0 Å². The zero-order valence-corrected chi connectivity index (χ0v) is 22.8. The van der Waals surface area contributed by atoms with Crippen molar-refractivity contribution >= 4 is 11.4 Å². The Morgan fingerprint density at radius 2 is 0.778 bits per heavy atom. The number of para-hydroxylation sites is 2. The minimum atomic E-state index is 1.04. The van der Waals surface area contributed by atoms with Gasteiger partial charge in [0.1, 0.15) is 0 Å². The predicted octanol–water partition coefficient (Wildman–Crippen LogP) is 10.6. The zero-order chi connectivity index (χ0) is 25.3. The predicted molar refractivity (Wildman–Crippen MR) is 161 cm³/mol. The summed E-state index contributed by atoms with van der Waals surface area (Å²) in [5, 5.41) is 7.39. The largest absolute Gasteiger partial charge is 0.385 e. The van der Waals surface area contributed by atoms with E-state index in [9.17, 15) is 0 Å². The molecule has 0 atom stereocenters. The molecule has 3 rings (SSSR count). The first-order valence-corrected chi connectivity index (χ1v) is 14.6. The molecule has 0 saturated heterocycles. The highest BCUT2D eigenvalue weighted by Gasteiger charge is 2.08. The summed E-state index contributed by atoms with van der Waals surface area (Å²) in [4.78, 5) is 0. The second-order valence-electron chi connectivity index (χ2n) is 10.1. The smallest absolute Gasteiger partial charge is 0.0419 e. The van der Waals surface area contributed by atoms with E-state index in [1.54, 1.807) is 0 Å². The quantitative estimate of drug-likeness (QED) is 0.175. The number of hydrogen-bond acceptors (Lipinski definition) is 2. The summed E-state index contributed by atoms with van der Waals surface area (Å²) >= 11 is 0. The van der Waals surface area contributed by atoms with E-state index >= 15 is 0 Å². The average molecular weight is 485 g/mol. The van der Waals surface area contributed by atoms with Gasteiger partial charge in [0.15, 0.2) is 0 Å². The Labute approximate surface area is 220 Å². The van der Waals surface area contributed by atoms with Gasteiger partial charge < -0.3 is 10.6 Å². The molecule has 0 spiro atoms. The molecule has 0 unspecified atom stereocenters. The van der Waals surface area contributed by atoms with Gasteiger partial charge in [0.05, 0.1) is 0 Å². The van der Waals surface area contributed by atoms with Gasteiger partial charge in [-0.2, -0.15) is 0 Å². The Hall–Kier alpha value is -2.74. The lowest BCUT2D eigenvalue weighted by Gasteiger charge is -2.14. The molecule has 194 valence electrons. The summed E-state index contributed by atoms with van der Waals surface area (Å²) < 4.78 is 0. The van der Waals surface area contributed by atoms with Crippen molar-refractivity contribution in [1.29, 1.82) is 0 Å². The maximum atomic E-state index is 3.69. The van der Waals surface area contributed by atoms with Crippen LogP contribution in [0.1, 0.15) is 90.9 Å². The first-order valence-electron chi connectivity index (χ1n) is 14.6. The second-order valence-corrected chi connectivity index (χ2v) is 10.1. The van der Waals surface area contributed by atoms with E-state index in [2.05, 4.69) is 97.3 Å². The number of nitrogens with one attached hydrogen (secondary N) is 2. The summed E-state index contributed by atoms with van der Waals surface area (Å²) in [7, 11) is 0. The monoisotopic (exact) mass is 484 g/mol. The average Bonchev–Trinajstić information content (AvgIpc) is 2.93. The molecule has 0 aliphatic carbocycles. The summed E-state index contributed by atoms with van der Waals surface area (Å²) in [6.07, 6.45) is 15.9. The lowest BCUT2D eigenvalue weighted by molar-refractivity contribution is 0.617. The SMILES string of the molecule is CCCCCCCCNc1ccccc1-c1ccc(-c2ccccc2NCCCCCCCC)cc1. The van der Waals surface area contributed by atoms with Crippen molar-refractivity contribution in [2.75, 3.05) is 23.7 Å². The molecule has 0 fully saturated rings. The normalized spacial score (nSPS) is 10.9. The molecule has 2 nitrogen and oxygen atoms in total. The molecule has 3 aromatic rings. The van der Waals surface area contributed by atoms with Gasteiger partial charge >= 0.3 is 0 Å². The third-order valence-corrected chi connectivity index (χ3v) is 7.05. The summed E-state index contributed by atoms with van der Waals surface area (Å²) in [6.45, 7) is 6.63. The fourth-order valence-electron chi connectivity index (χ4n) is 4.86. The Morgan fingerprint density at radius 1 is 0.417 bits per heavy atom. The molecule has 0 aliphatic rings. The molecular weight excluding hydrogens is 436 g/mol. The van der Waals surface area contributed by atoms with E-state index in [-0.39, 0.29) is 0 Å². The van der Waals surface area contributed by atoms with E-state index in [1.807, 2.05) is 0 Å². The topological polar surface area (TPSA) is 24.1 Å². The van der Waals surface area contributed by atoms with Crippen LogP contribution in [0, 0.1) is 0 Å². The minimum absolute atomic E-state index is 1.04. The van der Waals surface area contributed by atoms with Gasteiger partial charge in [0, 0.05) is 35.6 Å². The van der Waals surface area contributed by atoms with E-state index in [0.717, 1.165) is 13.1 Å². The van der Waals surface area contributed by atoms with Crippen molar-refractivity contribution in [2.45, 2.75) is 90.9 Å². The Morgan fingerprint density at radius 3 is 1.19 bits per heavy atom. The van der Waals surface area contributed by atoms with Gasteiger partial charge in [0.25, 0.3) is 0 Å². The standard InChI is InChI=1S/C34H48N2/c1-3-5-7-9-11-17-27-35-33-21-15-13-19-31(33)29-23-25-30(26-24-29)32-20-14-16-22-34(32)36-28-18-12-10-8-6-4-2/h13-16,19-26,35-36H,3-12,17-18,27-28H2,1-2H3. The number of rotatable bonds is 18. The van der Waals surface area contributed by atoms with Crippen molar-refractivity contribution in [2.24, 2.45) is 0 Å². The molecule has 36 heavy (non-hydrogen) atoms. The van der Waals surface area contributed by atoms with Gasteiger partial charge in [0.2, 0.25) is 0 Å². The van der Waals surface area contributed by atoms with Crippen LogP contribution in [0.25, 0.3) is 22.3 Å². The Bertz CT molecular complexity index is 896. The van der Waals surface area contributed by atoms with Crippen LogP contribution in [-0.2, 0) is 0 Å². The van der Waals surface area contributed by atoms with Crippen LogP contribution in [0.4, 0.5) is 11.4 Å². The zero-order valence-electron chi connectivity index (χ0n) is 22.8. The van der Waals surface area contributed by atoms with Gasteiger partial charge in [-0.05, 0) is 36.1 Å². The van der Waals surface area contributed by atoms with Crippen LogP contribution in [0.5, 0.6) is 0 Å². The molecule has 2 heteroatoms. The molecular formula is C34H48N2. The number of benzene rings is 3. The summed E-state index contributed by atoms with van der Waals surface area (Å²) in [6, 6.07) is 26.5. The number of hydrogen-bond donors (Lipinski definition) is 2. The summed E-state index contributed by atoms with van der Waals surface area (Å²) in [5.41, 5.74) is 7.57. The van der Waals surface area contributed by atoms with E-state index in [0.29, 0.717) is 0 Å². The molecule has 0 amide bonds. The van der Waals surface area contributed by atoms with Crippen molar-refractivity contribution in [3.63, 3.8) is 0 Å². The van der Waals surface area contributed by atoms with Crippen molar-refractivity contribution in [3.8, 4) is 22.3 Å². The molecule has 2 N–H and O–H groups in total. The number of unbranched alkanes of at least 4 members (excludes halogenated alkanes) is 10. The molecule has 0 saturated carbocycles. The highest BCUT2D eigenvalue weighted by atomic mass is 14.9. The number of anilines is 2. The molecule has 0 aliphatic heterocycles. The molecule has 0 bridgehead atoms. The van der Waals surface area contributed by atoms with Crippen molar-refractivity contribution in [3.05, 3.63) is 72.8 Å². The van der Waals surface area contributed by atoms with Gasteiger partial charge in [-0.25, -0.2) is 0 Å². The fourth-order valence-corrected chi connectivity index (χ4v) is 4.86. The van der Waals surface area contributed by atoms with Crippen molar-refractivity contribution in [1.82, 2.24) is 0 Å². The van der Waals surface area contributed by atoms with Gasteiger partial charge in [-0.1, -0.05) is 139 Å². The Kier molecular flexibility index (Phi) is 13.0. The molecule has 0 heterocycles. The highest BCUT2D eigenvalue weighted by Crippen LogP contribution is 2.32. The van der Waals surface area contributed by atoms with Gasteiger partial charge in [-0.3, -0.25) is 0 Å². The van der Waals surface area contributed by atoms with Crippen LogP contribution in [0.3, 0.4) is 0 Å². The first-order chi connectivity index (χ1) is 17.8. The highest BCUT2D eigenvalue weighted by molar-refractivity contribution is 5.82. The van der Waals surface area contributed by atoms with Crippen LogP contribution in [0.15, 0.2) is 72.8 Å². The van der Waals surface area contributed by atoms with Crippen LogP contribution in [0.2, 0.25) is 0 Å². The lowest BCUT2D eigenvalue weighted by atomic mass is 9.98. The van der Waals surface area contributed by atoms with E-state index in [4.69, 9.17) is 0 Å². The Balaban J connectivity index is 1.57. The second kappa shape index (κ2) is 16.8. The minimum Gasteiger partial charge on any atom is -0.385 e. The summed E-state index contributed by atoms with van der Waals surface area (Å²) in [5.74, 6) is 0. The van der Waals surface area contributed by atoms with Crippen LogP contribution >= 0.6 is 0 Å². The van der Waals surface area contributed by atoms with E-state index in [1.165, 1.54) is 111 Å². The van der Waals surface area contributed by atoms with Crippen LogP contribution in [-0.4, -0.2) is 13.1 Å². The third kappa shape index (κ3) is 9.37. The van der Waals surface area contributed by atoms with Gasteiger partial charge in [-0.15, -0.1) is 0 Å². The maximum absolute atomic E-state index is 3.69. The molecule has 0 aromatic heterocycles. The van der Waals surface area contributed by atoms with Crippen LogP contribution < -0.4 is 10.6 Å². The molecule has 3 aromatic carbocycles. The maximum Gasteiger partial charge on any atom is 0.0419 e. The molecule has 0 radical (unpaired) electrons.